The zero-order valence-corrected chi connectivity index (χ0v) is 47.7. The highest BCUT2D eigenvalue weighted by Gasteiger charge is 2.54. The minimum atomic E-state index is -1.01. The molecule has 0 aliphatic carbocycles. The highest BCUT2D eigenvalue weighted by molar-refractivity contribution is 5.77. The van der Waals surface area contributed by atoms with Crippen molar-refractivity contribution >= 4 is 23.7 Å². The Bertz CT molecular complexity index is 2020. The van der Waals surface area contributed by atoms with Gasteiger partial charge in [0.25, 0.3) is 0 Å². The molecule has 1 aliphatic heterocycles. The molecule has 3 aromatic carbocycles. The van der Waals surface area contributed by atoms with Crippen molar-refractivity contribution in [2.75, 3.05) is 60.7 Å². The van der Waals surface area contributed by atoms with Crippen molar-refractivity contribution in [3.63, 3.8) is 0 Å². The number of rotatable bonds is 42. The predicted octanol–water partition coefficient (Wildman–Crippen LogP) is 13.2. The van der Waals surface area contributed by atoms with Crippen LogP contribution in [0.1, 0.15) is 210 Å². The Morgan fingerprint density at radius 1 is 0.487 bits per heavy atom. The zero-order chi connectivity index (χ0) is 54.8. The van der Waals surface area contributed by atoms with Gasteiger partial charge in [-0.25, -0.2) is 0 Å². The van der Waals surface area contributed by atoms with Gasteiger partial charge in [-0.1, -0.05) is 184 Å². The summed E-state index contributed by atoms with van der Waals surface area (Å²) in [5.74, 6) is 1.84. The van der Waals surface area contributed by atoms with E-state index in [4.69, 9.17) is 14.2 Å². The fourth-order valence-electron chi connectivity index (χ4n) is 10.7. The number of carbonyl (C=O) groups excluding carboxylic acids is 4. The number of aliphatic hydroxyl groups is 1. The van der Waals surface area contributed by atoms with Crippen molar-refractivity contribution in [3.8, 4) is 11.5 Å². The second-order valence-corrected chi connectivity index (χ2v) is 22.1. The third-order valence-corrected chi connectivity index (χ3v) is 16.1. The first-order valence-electron chi connectivity index (χ1n) is 29.4. The Hall–Kier alpha value is -4.94. The normalized spacial score (nSPS) is 16.4. The number of aliphatic hydroxyl groups excluding tert-OH is 1. The summed E-state index contributed by atoms with van der Waals surface area (Å²) < 4.78 is 23.1. The third-order valence-electron chi connectivity index (χ3n) is 16.1. The molecule has 1 aliphatic rings. The molecule has 12 heteroatoms. The fourth-order valence-corrected chi connectivity index (χ4v) is 10.7. The maximum absolute atomic E-state index is 13.8. The van der Waals surface area contributed by atoms with E-state index >= 15 is 0 Å². The van der Waals surface area contributed by atoms with E-state index < -0.39 is 16.4 Å². The highest BCUT2D eigenvalue weighted by Crippen LogP contribution is 2.50. The van der Waals surface area contributed by atoms with Gasteiger partial charge in [-0.05, 0) is 79.5 Å². The Labute approximate surface area is 458 Å². The van der Waals surface area contributed by atoms with Gasteiger partial charge in [-0.15, -0.1) is 0 Å². The van der Waals surface area contributed by atoms with Gasteiger partial charge < -0.3 is 39.6 Å². The maximum Gasteiger partial charge on any atom is 0.305 e. The second kappa shape index (κ2) is 36.2. The standard InChI is InChI=1S/C64H99N3O9/c1-62(51-68)49-67(50-63(62,2)52-76-64(53-33-25-24-26-34-53,54-39-43-56(73-3)44-40-54)55-41-45-57(74-4)46-42-55)60(71)37-29-20-15-14-19-28-36-59(70)66-48-31-22-16-10-6-8-12-18-27-35-58(69)65-47-32-23-17-11-7-9-13-21-30-38-61(72)75-5/h24-26,33-34,39-46,68H,6-23,27-32,35-38,47-52H2,1-5H3,(H,65,69)(H,66,70)/t62-,63+/m1/s1. The summed E-state index contributed by atoms with van der Waals surface area (Å²) >= 11 is 0. The molecule has 0 aromatic heterocycles. The van der Waals surface area contributed by atoms with Gasteiger partial charge in [0.05, 0.1) is 34.5 Å². The number of carbonyl (C=O) groups is 4. The molecule has 2 atom stereocenters. The van der Waals surface area contributed by atoms with Crippen LogP contribution < -0.4 is 20.1 Å². The molecule has 4 rings (SSSR count). The maximum atomic E-state index is 13.8. The van der Waals surface area contributed by atoms with Crippen LogP contribution >= 0.6 is 0 Å². The van der Waals surface area contributed by atoms with Crippen molar-refractivity contribution in [2.45, 2.75) is 199 Å². The lowest BCUT2D eigenvalue weighted by Crippen LogP contribution is -2.46. The average molecular weight is 1050 g/mol. The number of hydrogen-bond acceptors (Lipinski definition) is 9. The van der Waals surface area contributed by atoms with E-state index in [2.05, 4.69) is 41.4 Å². The summed E-state index contributed by atoms with van der Waals surface area (Å²) in [5, 5.41) is 17.1. The summed E-state index contributed by atoms with van der Waals surface area (Å²) in [5.41, 5.74) is 0.690. The Balaban J connectivity index is 1.01. The number of hydrogen-bond donors (Lipinski definition) is 3. The van der Waals surface area contributed by atoms with Crippen LogP contribution in [0.25, 0.3) is 0 Å². The molecule has 0 spiro atoms. The van der Waals surface area contributed by atoms with Crippen molar-refractivity contribution in [1.82, 2.24) is 15.5 Å². The molecule has 3 N–H and O–H groups in total. The van der Waals surface area contributed by atoms with Gasteiger partial charge in [0.1, 0.15) is 17.1 Å². The van der Waals surface area contributed by atoms with Crippen molar-refractivity contribution in [1.29, 1.82) is 0 Å². The van der Waals surface area contributed by atoms with Crippen LogP contribution in [0, 0.1) is 10.8 Å². The lowest BCUT2D eigenvalue weighted by Gasteiger charge is -2.43. The third kappa shape index (κ3) is 21.8. The number of nitrogens with zero attached hydrogens (tertiary/aromatic N) is 1. The number of methoxy groups -OCH3 is 3. The summed E-state index contributed by atoms with van der Waals surface area (Å²) in [7, 11) is 4.76. The van der Waals surface area contributed by atoms with Crippen LogP contribution in [-0.4, -0.2) is 94.4 Å². The molecule has 12 nitrogen and oxygen atoms in total. The second-order valence-electron chi connectivity index (χ2n) is 22.1. The van der Waals surface area contributed by atoms with E-state index in [1.54, 1.807) is 14.2 Å². The Kier molecular flexibility index (Phi) is 30.3. The van der Waals surface area contributed by atoms with Crippen LogP contribution in [0.2, 0.25) is 0 Å². The number of likely N-dealkylation sites (tertiary alicyclic amines) is 1. The molecule has 424 valence electrons. The van der Waals surface area contributed by atoms with E-state index in [0.717, 1.165) is 125 Å². The molecule has 0 unspecified atom stereocenters. The van der Waals surface area contributed by atoms with Crippen LogP contribution in [0.5, 0.6) is 11.5 Å². The van der Waals surface area contributed by atoms with E-state index in [1.165, 1.54) is 77.7 Å². The number of nitrogens with one attached hydrogen (secondary N) is 2. The molecule has 76 heavy (non-hydrogen) atoms. The van der Waals surface area contributed by atoms with E-state index in [9.17, 15) is 24.3 Å². The first kappa shape index (κ1) is 63.6. The van der Waals surface area contributed by atoms with Crippen LogP contribution in [0.15, 0.2) is 78.9 Å². The lowest BCUT2D eigenvalue weighted by atomic mass is 9.68. The summed E-state index contributed by atoms with van der Waals surface area (Å²) in [6.45, 7) is 6.92. The van der Waals surface area contributed by atoms with Gasteiger partial charge in [-0.2, -0.15) is 0 Å². The summed E-state index contributed by atoms with van der Waals surface area (Å²) in [6.07, 6.45) is 28.7. The number of benzene rings is 3. The largest absolute Gasteiger partial charge is 0.497 e. The number of unbranched alkanes of at least 4 members (excludes halogenated alkanes) is 21. The number of amides is 3. The predicted molar refractivity (Wildman–Crippen MR) is 305 cm³/mol. The molecule has 0 radical (unpaired) electrons. The summed E-state index contributed by atoms with van der Waals surface area (Å²) in [6, 6.07) is 26.2. The van der Waals surface area contributed by atoms with Gasteiger partial charge in [-0.3, -0.25) is 19.2 Å². The average Bonchev–Trinajstić information content (AvgIpc) is 3.74. The van der Waals surface area contributed by atoms with Gasteiger partial charge >= 0.3 is 5.97 Å². The molecule has 1 fully saturated rings. The zero-order valence-electron chi connectivity index (χ0n) is 47.7. The molecule has 1 saturated heterocycles. The SMILES string of the molecule is COC(=O)CCCCCCCCCCCNC(=O)CCCCCCCCCCCNC(=O)CCCCCCCCC(=O)N1C[C@](C)(CO)[C@](C)(COC(c2ccccc2)(c2ccc(OC)cc2)c2ccc(OC)cc2)C1. The van der Waals surface area contributed by atoms with Gasteiger partial charge in [0.2, 0.25) is 17.7 Å². The molecular weight excluding hydrogens is 955 g/mol. The topological polar surface area (TPSA) is 153 Å². The fraction of sp³-hybridized carbons (Fsp3) is 0.656. The van der Waals surface area contributed by atoms with Gasteiger partial charge in [0, 0.05) is 62.7 Å². The van der Waals surface area contributed by atoms with Crippen molar-refractivity contribution in [2.24, 2.45) is 10.8 Å². The minimum absolute atomic E-state index is 0.0708. The monoisotopic (exact) mass is 1050 g/mol. The molecular formula is C64H99N3O9. The molecule has 3 amide bonds. The summed E-state index contributed by atoms with van der Waals surface area (Å²) in [4.78, 5) is 51.5. The van der Waals surface area contributed by atoms with E-state index in [1.807, 2.05) is 71.6 Å². The van der Waals surface area contributed by atoms with E-state index in [0.29, 0.717) is 45.4 Å². The lowest BCUT2D eigenvalue weighted by molar-refractivity contribution is -0.140. The van der Waals surface area contributed by atoms with Crippen molar-refractivity contribution in [3.05, 3.63) is 95.6 Å². The molecule has 0 saturated carbocycles. The van der Waals surface area contributed by atoms with Crippen LogP contribution in [-0.2, 0) is 34.3 Å². The molecule has 3 aromatic rings. The van der Waals surface area contributed by atoms with Crippen molar-refractivity contribution < 1.29 is 43.2 Å². The van der Waals surface area contributed by atoms with Gasteiger partial charge in [0.15, 0.2) is 0 Å². The Morgan fingerprint density at radius 2 is 0.855 bits per heavy atom. The minimum Gasteiger partial charge on any atom is -0.497 e. The first-order chi connectivity index (χ1) is 36.9. The smallest absolute Gasteiger partial charge is 0.305 e. The molecule has 0 bridgehead atoms. The Morgan fingerprint density at radius 3 is 1.26 bits per heavy atom. The molecule has 1 heterocycles. The number of esters is 1. The van der Waals surface area contributed by atoms with E-state index in [-0.39, 0.29) is 30.3 Å². The quantitative estimate of drug-likeness (QED) is 0.0286. The highest BCUT2D eigenvalue weighted by atomic mass is 16.5. The first-order valence-corrected chi connectivity index (χ1v) is 29.4. The van der Waals surface area contributed by atoms with Crippen LogP contribution in [0.4, 0.5) is 0 Å². The van der Waals surface area contributed by atoms with Crippen LogP contribution in [0.3, 0.4) is 0 Å². The number of ether oxygens (including phenoxy) is 4.